The number of aromatic nitrogens is 1. The van der Waals surface area contributed by atoms with Crippen LogP contribution in [0.5, 0.6) is 0 Å². The lowest BCUT2D eigenvalue weighted by Crippen LogP contribution is -2.34. The minimum absolute atomic E-state index is 0.232. The van der Waals surface area contributed by atoms with E-state index in [0.717, 1.165) is 39.5 Å². The zero-order valence-electron chi connectivity index (χ0n) is 19.5. The number of nitrogens with one attached hydrogen (secondary N) is 2. The molecule has 0 fully saturated rings. The van der Waals surface area contributed by atoms with Gasteiger partial charge >= 0.3 is 0 Å². The number of oxazole rings is 1. The molecule has 174 valence electrons. The minimum atomic E-state index is -0.256. The summed E-state index contributed by atoms with van der Waals surface area (Å²) in [6, 6.07) is 27.3. The van der Waals surface area contributed by atoms with Crippen molar-refractivity contribution >= 4 is 50.8 Å². The molecule has 0 bridgehead atoms. The van der Waals surface area contributed by atoms with Crippen LogP contribution in [0.15, 0.2) is 89.3 Å². The Kier molecular flexibility index (Phi) is 6.29. The molecule has 1 aromatic heterocycles. The summed E-state index contributed by atoms with van der Waals surface area (Å²) in [5.41, 5.74) is 5.06. The van der Waals surface area contributed by atoms with E-state index in [-0.39, 0.29) is 11.0 Å². The summed E-state index contributed by atoms with van der Waals surface area (Å²) in [6.07, 6.45) is 1.08. The molecule has 6 heteroatoms. The van der Waals surface area contributed by atoms with Crippen LogP contribution in [0.25, 0.3) is 33.3 Å². The van der Waals surface area contributed by atoms with Crippen LogP contribution in [-0.4, -0.2) is 16.0 Å². The van der Waals surface area contributed by atoms with E-state index in [1.165, 1.54) is 5.56 Å². The normalized spacial score (nSPS) is 11.9. The van der Waals surface area contributed by atoms with Gasteiger partial charge in [0.2, 0.25) is 5.89 Å². The van der Waals surface area contributed by atoms with Crippen molar-refractivity contribution in [2.24, 2.45) is 0 Å². The third-order valence-corrected chi connectivity index (χ3v) is 6.43. The standard InChI is InChI=1S/C29H25N3O2S/c1-3-18(2)21-12-15-26-25(17-21)31-28(34-26)20-10-13-24(14-11-20)30-29(35)32-27(33)23-9-8-19-6-4-5-7-22(19)16-23/h4-18H,3H2,1-2H3,(H2,30,32,33,35)/t18-/m0/s1. The SMILES string of the molecule is CC[C@H](C)c1ccc2oc(-c3ccc(NC(=S)NC(=O)c4ccc5ccccc5c4)cc3)nc2c1. The first-order valence-corrected chi connectivity index (χ1v) is 12.0. The Labute approximate surface area is 209 Å². The topological polar surface area (TPSA) is 67.2 Å². The Morgan fingerprint density at radius 1 is 0.971 bits per heavy atom. The largest absolute Gasteiger partial charge is 0.436 e. The Morgan fingerprint density at radius 3 is 2.51 bits per heavy atom. The molecule has 1 atom stereocenters. The maximum Gasteiger partial charge on any atom is 0.257 e. The molecule has 1 amide bonds. The number of thiocarbonyl (C=S) groups is 1. The highest BCUT2D eigenvalue weighted by Crippen LogP contribution is 2.28. The van der Waals surface area contributed by atoms with Crippen molar-refractivity contribution in [2.75, 3.05) is 5.32 Å². The Balaban J connectivity index is 1.25. The fraction of sp³-hybridized carbons (Fsp3) is 0.138. The van der Waals surface area contributed by atoms with Gasteiger partial charge in [-0.2, -0.15) is 0 Å². The van der Waals surface area contributed by atoms with Gasteiger partial charge in [0.1, 0.15) is 5.52 Å². The van der Waals surface area contributed by atoms with Crippen LogP contribution in [0.1, 0.15) is 42.1 Å². The van der Waals surface area contributed by atoms with Gasteiger partial charge in [-0.15, -0.1) is 0 Å². The van der Waals surface area contributed by atoms with Crippen molar-refractivity contribution in [2.45, 2.75) is 26.2 Å². The van der Waals surface area contributed by atoms with E-state index in [9.17, 15) is 4.79 Å². The molecule has 0 saturated carbocycles. The van der Waals surface area contributed by atoms with Gasteiger partial charge in [-0.3, -0.25) is 10.1 Å². The van der Waals surface area contributed by atoms with Gasteiger partial charge in [0.05, 0.1) is 0 Å². The molecule has 5 nitrogen and oxygen atoms in total. The molecule has 0 aliphatic heterocycles. The molecule has 0 aliphatic rings. The van der Waals surface area contributed by atoms with Gasteiger partial charge in [0, 0.05) is 16.8 Å². The molecule has 2 N–H and O–H groups in total. The van der Waals surface area contributed by atoms with E-state index in [0.29, 0.717) is 17.4 Å². The van der Waals surface area contributed by atoms with Crippen LogP contribution >= 0.6 is 12.2 Å². The smallest absolute Gasteiger partial charge is 0.257 e. The third-order valence-electron chi connectivity index (χ3n) is 6.22. The first-order chi connectivity index (χ1) is 17.0. The minimum Gasteiger partial charge on any atom is -0.436 e. The lowest BCUT2D eigenvalue weighted by Gasteiger charge is -2.10. The monoisotopic (exact) mass is 479 g/mol. The highest BCUT2D eigenvalue weighted by atomic mass is 32.1. The summed E-state index contributed by atoms with van der Waals surface area (Å²) in [6.45, 7) is 4.39. The highest BCUT2D eigenvalue weighted by Gasteiger charge is 2.12. The van der Waals surface area contributed by atoms with E-state index in [4.69, 9.17) is 16.6 Å². The van der Waals surface area contributed by atoms with Gasteiger partial charge < -0.3 is 9.73 Å². The molecule has 0 aliphatic carbocycles. The average Bonchev–Trinajstić information content (AvgIpc) is 3.31. The summed E-state index contributed by atoms with van der Waals surface area (Å²) >= 11 is 5.35. The molecular weight excluding hydrogens is 454 g/mol. The fourth-order valence-corrected chi connectivity index (χ4v) is 4.19. The van der Waals surface area contributed by atoms with Crippen LogP contribution in [0, 0.1) is 0 Å². The number of carbonyl (C=O) groups excluding carboxylic acids is 1. The highest BCUT2D eigenvalue weighted by molar-refractivity contribution is 7.80. The molecule has 0 unspecified atom stereocenters. The fourth-order valence-electron chi connectivity index (χ4n) is 3.97. The van der Waals surface area contributed by atoms with Crippen molar-refractivity contribution in [3.63, 3.8) is 0 Å². The van der Waals surface area contributed by atoms with Gasteiger partial charge in [-0.25, -0.2) is 4.98 Å². The maximum absolute atomic E-state index is 12.6. The predicted molar refractivity (Wildman–Crippen MR) is 146 cm³/mol. The molecule has 5 aromatic rings. The molecule has 35 heavy (non-hydrogen) atoms. The van der Waals surface area contributed by atoms with E-state index < -0.39 is 0 Å². The van der Waals surface area contributed by atoms with Crippen LogP contribution in [-0.2, 0) is 0 Å². The van der Waals surface area contributed by atoms with Crippen LogP contribution in [0.4, 0.5) is 5.69 Å². The Morgan fingerprint density at radius 2 is 1.74 bits per heavy atom. The summed E-state index contributed by atoms with van der Waals surface area (Å²) in [5.74, 6) is 0.795. The van der Waals surface area contributed by atoms with Gasteiger partial charge in [-0.05, 0) is 89.4 Å². The molecule has 0 radical (unpaired) electrons. The Hall–Kier alpha value is -4.03. The number of benzene rings is 4. The van der Waals surface area contributed by atoms with E-state index >= 15 is 0 Å². The van der Waals surface area contributed by atoms with Crippen LogP contribution in [0.2, 0.25) is 0 Å². The van der Waals surface area contributed by atoms with Gasteiger partial charge in [-0.1, -0.05) is 50.2 Å². The number of fused-ring (bicyclic) bond motifs is 2. The van der Waals surface area contributed by atoms with Crippen LogP contribution in [0.3, 0.4) is 0 Å². The molecule has 0 spiro atoms. The number of amides is 1. The van der Waals surface area contributed by atoms with Crippen molar-refractivity contribution in [1.82, 2.24) is 10.3 Å². The Bertz CT molecular complexity index is 1540. The molecule has 0 saturated heterocycles. The zero-order valence-corrected chi connectivity index (χ0v) is 20.4. The maximum atomic E-state index is 12.6. The lowest BCUT2D eigenvalue weighted by atomic mass is 9.98. The van der Waals surface area contributed by atoms with Crippen LogP contribution < -0.4 is 10.6 Å². The number of carbonyl (C=O) groups is 1. The lowest BCUT2D eigenvalue weighted by molar-refractivity contribution is 0.0978. The van der Waals surface area contributed by atoms with E-state index in [2.05, 4.69) is 41.6 Å². The van der Waals surface area contributed by atoms with Gasteiger partial charge in [0.25, 0.3) is 5.91 Å². The first kappa shape index (κ1) is 22.7. The number of nitrogens with zero attached hydrogens (tertiary/aromatic N) is 1. The predicted octanol–water partition coefficient (Wildman–Crippen LogP) is 7.29. The summed E-state index contributed by atoms with van der Waals surface area (Å²) in [4.78, 5) is 17.3. The molecular formula is C29H25N3O2S. The second-order valence-electron chi connectivity index (χ2n) is 8.60. The second kappa shape index (κ2) is 9.68. The van der Waals surface area contributed by atoms with Crippen molar-refractivity contribution in [1.29, 1.82) is 0 Å². The number of anilines is 1. The number of rotatable bonds is 5. The average molecular weight is 480 g/mol. The summed E-state index contributed by atoms with van der Waals surface area (Å²) < 4.78 is 5.96. The first-order valence-electron chi connectivity index (χ1n) is 11.6. The van der Waals surface area contributed by atoms with Crippen molar-refractivity contribution in [3.05, 3.63) is 96.1 Å². The second-order valence-corrected chi connectivity index (χ2v) is 9.01. The van der Waals surface area contributed by atoms with Gasteiger partial charge in [0.15, 0.2) is 10.7 Å². The number of hydrogen-bond acceptors (Lipinski definition) is 4. The third kappa shape index (κ3) is 4.93. The number of hydrogen-bond donors (Lipinski definition) is 2. The molecule has 5 rings (SSSR count). The van der Waals surface area contributed by atoms with Crippen molar-refractivity contribution < 1.29 is 9.21 Å². The summed E-state index contributed by atoms with van der Waals surface area (Å²) in [7, 11) is 0. The zero-order chi connectivity index (χ0) is 24.4. The summed E-state index contributed by atoms with van der Waals surface area (Å²) in [5, 5.41) is 8.12. The molecule has 1 heterocycles. The quantitative estimate of drug-likeness (QED) is 0.259. The van der Waals surface area contributed by atoms with Crippen molar-refractivity contribution in [3.8, 4) is 11.5 Å². The van der Waals surface area contributed by atoms with E-state index in [1.807, 2.05) is 66.7 Å². The van der Waals surface area contributed by atoms with E-state index in [1.54, 1.807) is 6.07 Å². The molecule has 4 aromatic carbocycles.